The van der Waals surface area contributed by atoms with Gasteiger partial charge in [-0.2, -0.15) is 0 Å². The maximum Gasteiger partial charge on any atom is 0.128 e. The summed E-state index contributed by atoms with van der Waals surface area (Å²) in [6.45, 7) is 1.87. The van der Waals surface area contributed by atoms with E-state index < -0.39 is 0 Å². The van der Waals surface area contributed by atoms with Gasteiger partial charge in [0.1, 0.15) is 5.82 Å². The van der Waals surface area contributed by atoms with Crippen LogP contribution in [0.5, 0.6) is 0 Å². The molecule has 0 amide bonds. The number of likely N-dealkylation sites (N-methyl/N-ethyl adjacent to an activating group) is 1. The monoisotopic (exact) mass is 311 g/mol. The standard InChI is InChI=1S/C16H16Cl2FN/c1-10-6-7-11(15(19)8-10)16(20-2)9-12-13(17)4-3-5-14(12)18/h3-8,16,20H,9H2,1-2H3. The second-order valence-corrected chi connectivity index (χ2v) is 5.58. The Hall–Kier alpha value is -1.09. The average Bonchev–Trinajstić information content (AvgIpc) is 2.40. The third-order valence-electron chi connectivity index (χ3n) is 3.35. The second kappa shape index (κ2) is 6.57. The lowest BCUT2D eigenvalue weighted by molar-refractivity contribution is 0.533. The number of hydrogen-bond acceptors (Lipinski definition) is 1. The van der Waals surface area contributed by atoms with Crippen LogP contribution in [0.3, 0.4) is 0 Å². The van der Waals surface area contributed by atoms with Crippen LogP contribution >= 0.6 is 23.2 Å². The van der Waals surface area contributed by atoms with Gasteiger partial charge in [0.05, 0.1) is 0 Å². The quantitative estimate of drug-likeness (QED) is 0.843. The van der Waals surface area contributed by atoms with Gasteiger partial charge in [0.15, 0.2) is 0 Å². The Bertz CT molecular complexity index is 593. The summed E-state index contributed by atoms with van der Waals surface area (Å²) >= 11 is 12.4. The Kier molecular flexibility index (Phi) is 5.03. The lowest BCUT2D eigenvalue weighted by Crippen LogP contribution is -2.20. The molecule has 0 spiro atoms. The van der Waals surface area contributed by atoms with Gasteiger partial charge >= 0.3 is 0 Å². The van der Waals surface area contributed by atoms with Crippen molar-refractivity contribution in [1.29, 1.82) is 0 Å². The molecule has 0 aliphatic heterocycles. The molecule has 106 valence electrons. The fourth-order valence-corrected chi connectivity index (χ4v) is 2.77. The summed E-state index contributed by atoms with van der Waals surface area (Å²) < 4.78 is 14.1. The van der Waals surface area contributed by atoms with E-state index in [0.717, 1.165) is 11.1 Å². The molecule has 2 rings (SSSR count). The summed E-state index contributed by atoms with van der Waals surface area (Å²) in [5.41, 5.74) is 2.35. The third kappa shape index (κ3) is 3.32. The van der Waals surface area contributed by atoms with E-state index in [4.69, 9.17) is 23.2 Å². The molecule has 20 heavy (non-hydrogen) atoms. The first kappa shape index (κ1) is 15.3. The molecule has 0 aromatic heterocycles. The molecule has 0 bridgehead atoms. The predicted octanol–water partition coefficient (Wildman–Crippen LogP) is 4.94. The lowest BCUT2D eigenvalue weighted by Gasteiger charge is -2.19. The first-order chi connectivity index (χ1) is 9.52. The Morgan fingerprint density at radius 2 is 1.80 bits per heavy atom. The largest absolute Gasteiger partial charge is 0.313 e. The van der Waals surface area contributed by atoms with E-state index in [2.05, 4.69) is 5.32 Å². The predicted molar refractivity (Wildman–Crippen MR) is 83.1 cm³/mol. The molecule has 0 saturated carbocycles. The molecule has 0 radical (unpaired) electrons. The van der Waals surface area contributed by atoms with Crippen LogP contribution in [-0.2, 0) is 6.42 Å². The normalized spacial score (nSPS) is 12.4. The molecule has 1 atom stereocenters. The molecule has 0 aliphatic carbocycles. The Morgan fingerprint density at radius 3 is 2.35 bits per heavy atom. The zero-order valence-electron chi connectivity index (χ0n) is 11.4. The van der Waals surface area contributed by atoms with Crippen LogP contribution in [0.25, 0.3) is 0 Å². The SMILES string of the molecule is CNC(Cc1c(Cl)cccc1Cl)c1ccc(C)cc1F. The Morgan fingerprint density at radius 1 is 1.15 bits per heavy atom. The molecule has 1 unspecified atom stereocenters. The van der Waals surface area contributed by atoms with E-state index in [-0.39, 0.29) is 11.9 Å². The molecule has 0 heterocycles. The first-order valence-electron chi connectivity index (χ1n) is 6.39. The third-order valence-corrected chi connectivity index (χ3v) is 4.06. The van der Waals surface area contributed by atoms with E-state index in [9.17, 15) is 4.39 Å². The van der Waals surface area contributed by atoms with Crippen LogP contribution in [0.4, 0.5) is 4.39 Å². The molecule has 0 saturated heterocycles. The van der Waals surface area contributed by atoms with E-state index in [1.54, 1.807) is 31.3 Å². The fraction of sp³-hybridized carbons (Fsp3) is 0.250. The molecule has 4 heteroatoms. The summed E-state index contributed by atoms with van der Waals surface area (Å²) in [6.07, 6.45) is 0.537. The Balaban J connectivity index is 2.34. The minimum Gasteiger partial charge on any atom is -0.313 e. The van der Waals surface area contributed by atoms with Crippen molar-refractivity contribution in [1.82, 2.24) is 5.32 Å². The summed E-state index contributed by atoms with van der Waals surface area (Å²) in [4.78, 5) is 0. The zero-order chi connectivity index (χ0) is 14.7. The van der Waals surface area contributed by atoms with Crippen molar-refractivity contribution in [2.75, 3.05) is 7.05 Å². The minimum atomic E-state index is -0.215. The highest BCUT2D eigenvalue weighted by Gasteiger charge is 2.17. The van der Waals surface area contributed by atoms with Gasteiger partial charge in [0, 0.05) is 21.7 Å². The summed E-state index contributed by atoms with van der Waals surface area (Å²) in [5.74, 6) is -0.215. The van der Waals surface area contributed by atoms with Gasteiger partial charge in [-0.1, -0.05) is 41.4 Å². The second-order valence-electron chi connectivity index (χ2n) is 4.77. The topological polar surface area (TPSA) is 12.0 Å². The van der Waals surface area contributed by atoms with E-state index >= 15 is 0 Å². The summed E-state index contributed by atoms with van der Waals surface area (Å²) in [5, 5.41) is 4.33. The van der Waals surface area contributed by atoms with Crippen molar-refractivity contribution in [2.24, 2.45) is 0 Å². The number of benzene rings is 2. The maximum absolute atomic E-state index is 14.1. The molecule has 0 aliphatic rings. The smallest absolute Gasteiger partial charge is 0.128 e. The van der Waals surface area contributed by atoms with Gasteiger partial charge in [0.25, 0.3) is 0 Å². The number of halogens is 3. The first-order valence-corrected chi connectivity index (χ1v) is 7.14. The number of hydrogen-bond donors (Lipinski definition) is 1. The highest BCUT2D eigenvalue weighted by Crippen LogP contribution is 2.30. The summed E-state index contributed by atoms with van der Waals surface area (Å²) in [7, 11) is 1.80. The van der Waals surface area contributed by atoms with Crippen LogP contribution in [0.1, 0.15) is 22.7 Å². The van der Waals surface area contributed by atoms with Crippen LogP contribution in [0.2, 0.25) is 10.0 Å². The maximum atomic E-state index is 14.1. The average molecular weight is 312 g/mol. The van der Waals surface area contributed by atoms with Crippen LogP contribution in [0, 0.1) is 12.7 Å². The van der Waals surface area contributed by atoms with Crippen molar-refractivity contribution in [2.45, 2.75) is 19.4 Å². The van der Waals surface area contributed by atoms with Gasteiger partial charge < -0.3 is 5.32 Å². The molecule has 0 fully saturated rings. The number of rotatable bonds is 4. The zero-order valence-corrected chi connectivity index (χ0v) is 12.9. The van der Waals surface area contributed by atoms with Crippen molar-refractivity contribution >= 4 is 23.2 Å². The van der Waals surface area contributed by atoms with Gasteiger partial charge in [-0.05, 0) is 49.7 Å². The van der Waals surface area contributed by atoms with E-state index in [0.29, 0.717) is 22.0 Å². The van der Waals surface area contributed by atoms with Gasteiger partial charge in [-0.15, -0.1) is 0 Å². The fourth-order valence-electron chi connectivity index (χ4n) is 2.21. The highest BCUT2D eigenvalue weighted by molar-refractivity contribution is 6.36. The summed E-state index contributed by atoms with van der Waals surface area (Å²) in [6, 6.07) is 10.5. The van der Waals surface area contributed by atoms with Gasteiger partial charge in [-0.25, -0.2) is 4.39 Å². The minimum absolute atomic E-state index is 0.173. The van der Waals surface area contributed by atoms with Crippen molar-refractivity contribution in [3.8, 4) is 0 Å². The molecular formula is C16H16Cl2FN. The molecule has 1 N–H and O–H groups in total. The van der Waals surface area contributed by atoms with Crippen LogP contribution in [-0.4, -0.2) is 7.05 Å². The van der Waals surface area contributed by atoms with Gasteiger partial charge in [-0.3, -0.25) is 0 Å². The lowest BCUT2D eigenvalue weighted by atomic mass is 9.97. The van der Waals surface area contributed by atoms with Crippen molar-refractivity contribution in [3.05, 3.63) is 69.0 Å². The molecule has 2 aromatic carbocycles. The van der Waals surface area contributed by atoms with Crippen LogP contribution < -0.4 is 5.32 Å². The Labute approximate surface area is 128 Å². The number of nitrogens with one attached hydrogen (secondary N) is 1. The van der Waals surface area contributed by atoms with E-state index in [1.165, 1.54) is 6.07 Å². The van der Waals surface area contributed by atoms with E-state index in [1.807, 2.05) is 13.0 Å². The molecule has 1 nitrogen and oxygen atoms in total. The number of aryl methyl sites for hydroxylation is 1. The van der Waals surface area contributed by atoms with Crippen molar-refractivity contribution in [3.63, 3.8) is 0 Å². The molecular weight excluding hydrogens is 296 g/mol. The molecule has 2 aromatic rings. The van der Waals surface area contributed by atoms with Crippen LogP contribution in [0.15, 0.2) is 36.4 Å². The van der Waals surface area contributed by atoms with Gasteiger partial charge in [0.2, 0.25) is 0 Å². The van der Waals surface area contributed by atoms with Crippen molar-refractivity contribution < 1.29 is 4.39 Å². The highest BCUT2D eigenvalue weighted by atomic mass is 35.5.